The maximum absolute atomic E-state index is 8.58. The minimum Gasteiger partial charge on any atom is -0.198 e. The SMILES string of the molecule is N#CCc1ccc2sc(Br)c(Cl)c2c1. The van der Waals surface area contributed by atoms with Crippen LogP contribution in [0, 0.1) is 11.3 Å². The Morgan fingerprint density at radius 3 is 3.00 bits per heavy atom. The molecule has 0 fully saturated rings. The Labute approximate surface area is 99.0 Å². The Morgan fingerprint density at radius 2 is 2.29 bits per heavy atom. The van der Waals surface area contributed by atoms with Crippen molar-refractivity contribution in [3.05, 3.63) is 32.6 Å². The van der Waals surface area contributed by atoms with Crippen LogP contribution in [0.25, 0.3) is 10.1 Å². The Hall–Kier alpha value is -0.560. The highest BCUT2D eigenvalue weighted by Crippen LogP contribution is 2.39. The molecule has 0 saturated heterocycles. The third kappa shape index (κ3) is 1.66. The molecule has 1 nitrogen and oxygen atoms in total. The zero-order valence-corrected chi connectivity index (χ0v) is 10.2. The molecule has 1 heterocycles. The van der Waals surface area contributed by atoms with Crippen LogP contribution < -0.4 is 0 Å². The Balaban J connectivity index is 2.65. The predicted molar refractivity (Wildman–Crippen MR) is 63.9 cm³/mol. The van der Waals surface area contributed by atoms with Crippen LogP contribution in [-0.4, -0.2) is 0 Å². The second-order valence-electron chi connectivity index (χ2n) is 2.86. The first-order chi connectivity index (χ1) is 6.72. The van der Waals surface area contributed by atoms with Gasteiger partial charge in [-0.1, -0.05) is 17.7 Å². The van der Waals surface area contributed by atoms with Crippen molar-refractivity contribution < 1.29 is 0 Å². The van der Waals surface area contributed by atoms with Gasteiger partial charge in [-0.05, 0) is 33.6 Å². The van der Waals surface area contributed by atoms with E-state index in [0.29, 0.717) is 6.42 Å². The standard InChI is InChI=1S/C10H5BrClNS/c11-10-9(12)7-5-6(3-4-13)1-2-8(7)14-10/h1-2,5H,3H2. The molecule has 0 saturated carbocycles. The van der Waals surface area contributed by atoms with Crippen LogP contribution in [0.1, 0.15) is 5.56 Å². The number of thiophene rings is 1. The lowest BCUT2D eigenvalue weighted by Gasteiger charge is -1.94. The van der Waals surface area contributed by atoms with Gasteiger partial charge in [-0.15, -0.1) is 11.3 Å². The summed E-state index contributed by atoms with van der Waals surface area (Å²) in [5.74, 6) is 0. The normalized spacial score (nSPS) is 10.4. The monoisotopic (exact) mass is 285 g/mol. The molecular weight excluding hydrogens is 282 g/mol. The molecule has 0 bridgehead atoms. The van der Waals surface area contributed by atoms with Crippen molar-refractivity contribution in [1.82, 2.24) is 0 Å². The molecule has 1 aromatic heterocycles. The molecule has 14 heavy (non-hydrogen) atoms. The van der Waals surface area contributed by atoms with E-state index in [2.05, 4.69) is 22.0 Å². The molecule has 0 aliphatic carbocycles. The number of fused-ring (bicyclic) bond motifs is 1. The fourth-order valence-electron chi connectivity index (χ4n) is 1.29. The molecule has 4 heteroatoms. The van der Waals surface area contributed by atoms with Gasteiger partial charge in [0.2, 0.25) is 0 Å². The van der Waals surface area contributed by atoms with Gasteiger partial charge in [-0.25, -0.2) is 0 Å². The molecule has 2 aromatic rings. The molecule has 0 aliphatic heterocycles. The van der Waals surface area contributed by atoms with Crippen molar-refractivity contribution in [3.8, 4) is 6.07 Å². The van der Waals surface area contributed by atoms with Gasteiger partial charge in [0.15, 0.2) is 0 Å². The van der Waals surface area contributed by atoms with E-state index in [1.54, 1.807) is 11.3 Å². The number of hydrogen-bond acceptors (Lipinski definition) is 2. The van der Waals surface area contributed by atoms with Gasteiger partial charge in [0.05, 0.1) is 21.3 Å². The van der Waals surface area contributed by atoms with E-state index in [9.17, 15) is 0 Å². The van der Waals surface area contributed by atoms with Crippen molar-refractivity contribution in [2.24, 2.45) is 0 Å². The zero-order valence-electron chi connectivity index (χ0n) is 7.05. The lowest BCUT2D eigenvalue weighted by atomic mass is 10.1. The summed E-state index contributed by atoms with van der Waals surface area (Å²) in [6.07, 6.45) is 0.430. The van der Waals surface area contributed by atoms with E-state index in [1.165, 1.54) is 0 Å². The highest BCUT2D eigenvalue weighted by atomic mass is 79.9. The molecule has 0 spiro atoms. The van der Waals surface area contributed by atoms with E-state index in [4.69, 9.17) is 16.9 Å². The molecule has 0 aliphatic rings. The Kier molecular flexibility index (Phi) is 2.78. The van der Waals surface area contributed by atoms with Crippen LogP contribution in [0.4, 0.5) is 0 Å². The molecule has 70 valence electrons. The summed E-state index contributed by atoms with van der Waals surface area (Å²) >= 11 is 11.1. The molecule has 0 unspecified atom stereocenters. The first-order valence-electron chi connectivity index (χ1n) is 3.95. The number of benzene rings is 1. The van der Waals surface area contributed by atoms with Crippen molar-refractivity contribution in [2.45, 2.75) is 6.42 Å². The number of nitrogens with zero attached hydrogens (tertiary/aromatic N) is 1. The summed E-state index contributed by atoms with van der Waals surface area (Å²) in [5.41, 5.74) is 1.01. The zero-order chi connectivity index (χ0) is 10.1. The fourth-order valence-corrected chi connectivity index (χ4v) is 3.15. The van der Waals surface area contributed by atoms with Crippen LogP contribution in [0.3, 0.4) is 0 Å². The number of hydrogen-bond donors (Lipinski definition) is 0. The van der Waals surface area contributed by atoms with Gasteiger partial charge in [0.25, 0.3) is 0 Å². The van der Waals surface area contributed by atoms with Crippen molar-refractivity contribution in [3.63, 3.8) is 0 Å². The number of rotatable bonds is 1. The van der Waals surface area contributed by atoms with Gasteiger partial charge in [-0.2, -0.15) is 5.26 Å². The van der Waals surface area contributed by atoms with Crippen molar-refractivity contribution in [1.29, 1.82) is 5.26 Å². The quantitative estimate of drug-likeness (QED) is 0.763. The summed E-state index contributed by atoms with van der Waals surface area (Å²) in [4.78, 5) is 0. The lowest BCUT2D eigenvalue weighted by molar-refractivity contribution is 1.27. The maximum atomic E-state index is 8.58. The second kappa shape index (κ2) is 3.90. The highest BCUT2D eigenvalue weighted by molar-refractivity contribution is 9.11. The maximum Gasteiger partial charge on any atom is 0.0897 e. The fraction of sp³-hybridized carbons (Fsp3) is 0.100. The Morgan fingerprint density at radius 1 is 1.50 bits per heavy atom. The van der Waals surface area contributed by atoms with Crippen LogP contribution in [0.15, 0.2) is 22.0 Å². The summed E-state index contributed by atoms with van der Waals surface area (Å²) in [7, 11) is 0. The molecular formula is C10H5BrClNS. The smallest absolute Gasteiger partial charge is 0.0897 e. The predicted octanol–water partition coefficient (Wildman–Crippen LogP) is 4.38. The number of halogens is 2. The minimum absolute atomic E-state index is 0.430. The first kappa shape index (κ1) is 9.97. The molecule has 0 N–H and O–H groups in total. The third-order valence-corrected chi connectivity index (χ3v) is 4.51. The summed E-state index contributed by atoms with van der Waals surface area (Å²) in [5, 5.41) is 10.3. The minimum atomic E-state index is 0.430. The van der Waals surface area contributed by atoms with E-state index in [1.807, 2.05) is 18.2 Å². The molecule has 0 radical (unpaired) electrons. The van der Waals surface area contributed by atoms with Gasteiger partial charge >= 0.3 is 0 Å². The Bertz CT molecular complexity index is 527. The van der Waals surface area contributed by atoms with Gasteiger partial charge in [0, 0.05) is 10.1 Å². The van der Waals surface area contributed by atoms with Crippen LogP contribution >= 0.6 is 38.9 Å². The summed E-state index contributed by atoms with van der Waals surface area (Å²) in [6, 6.07) is 8.06. The van der Waals surface area contributed by atoms with E-state index in [0.717, 1.165) is 24.5 Å². The van der Waals surface area contributed by atoms with E-state index < -0.39 is 0 Å². The van der Waals surface area contributed by atoms with E-state index >= 15 is 0 Å². The lowest BCUT2D eigenvalue weighted by Crippen LogP contribution is -1.79. The van der Waals surface area contributed by atoms with Gasteiger partial charge in [0.1, 0.15) is 0 Å². The second-order valence-corrected chi connectivity index (χ2v) is 5.60. The topological polar surface area (TPSA) is 23.8 Å². The number of nitriles is 1. The third-order valence-electron chi connectivity index (χ3n) is 1.94. The summed E-state index contributed by atoms with van der Waals surface area (Å²) in [6.45, 7) is 0. The molecule has 1 aromatic carbocycles. The highest BCUT2D eigenvalue weighted by Gasteiger charge is 2.07. The van der Waals surface area contributed by atoms with Gasteiger partial charge in [-0.3, -0.25) is 0 Å². The molecule has 0 atom stereocenters. The van der Waals surface area contributed by atoms with E-state index in [-0.39, 0.29) is 0 Å². The average molecular weight is 287 g/mol. The molecule has 0 amide bonds. The van der Waals surface area contributed by atoms with Crippen molar-refractivity contribution in [2.75, 3.05) is 0 Å². The average Bonchev–Trinajstić information content (AvgIpc) is 2.45. The van der Waals surface area contributed by atoms with Crippen molar-refractivity contribution >= 4 is 49.0 Å². The largest absolute Gasteiger partial charge is 0.198 e. The molecule has 2 rings (SSSR count). The first-order valence-corrected chi connectivity index (χ1v) is 5.94. The van der Waals surface area contributed by atoms with Crippen LogP contribution in [0.5, 0.6) is 0 Å². The van der Waals surface area contributed by atoms with Crippen LogP contribution in [0.2, 0.25) is 5.02 Å². The summed E-state index contributed by atoms with van der Waals surface area (Å²) < 4.78 is 2.09. The van der Waals surface area contributed by atoms with Crippen LogP contribution in [-0.2, 0) is 6.42 Å². The van der Waals surface area contributed by atoms with Gasteiger partial charge < -0.3 is 0 Å².